The first-order chi connectivity index (χ1) is 12.0. The highest BCUT2D eigenvalue weighted by atomic mass is 79.9. The molecule has 134 valence electrons. The van der Waals surface area contributed by atoms with Gasteiger partial charge in [-0.3, -0.25) is 9.69 Å². The summed E-state index contributed by atoms with van der Waals surface area (Å²) in [5.41, 5.74) is 1.47. The SMILES string of the molecule is COC1CCC2(CC1)Cc1ccc(Br)cc1C21N=C(SC)N(C)C1=O. The van der Waals surface area contributed by atoms with Gasteiger partial charge in [0.2, 0.25) is 0 Å². The average Bonchev–Trinajstić information content (AvgIpc) is 3.04. The summed E-state index contributed by atoms with van der Waals surface area (Å²) in [6.07, 6.45) is 7.16. The van der Waals surface area contributed by atoms with Crippen molar-refractivity contribution in [2.45, 2.75) is 43.7 Å². The Morgan fingerprint density at radius 2 is 2.08 bits per heavy atom. The fraction of sp³-hybridized carbons (Fsp3) is 0.579. The summed E-state index contributed by atoms with van der Waals surface area (Å²) in [5, 5.41) is 0.825. The molecule has 0 bridgehead atoms. The van der Waals surface area contributed by atoms with Gasteiger partial charge in [0.1, 0.15) is 0 Å². The summed E-state index contributed by atoms with van der Waals surface area (Å²) in [4.78, 5) is 20.4. The van der Waals surface area contributed by atoms with Crippen LogP contribution in [0.2, 0.25) is 0 Å². The van der Waals surface area contributed by atoms with Gasteiger partial charge in [0, 0.05) is 24.0 Å². The lowest BCUT2D eigenvalue weighted by Gasteiger charge is -2.45. The van der Waals surface area contributed by atoms with Crippen molar-refractivity contribution in [2.75, 3.05) is 20.4 Å². The number of likely N-dealkylation sites (N-methyl/N-ethyl adjacent to an activating group) is 1. The molecule has 6 heteroatoms. The molecule has 0 radical (unpaired) electrons. The van der Waals surface area contributed by atoms with Crippen LogP contribution in [-0.2, 0) is 21.5 Å². The summed E-state index contributed by atoms with van der Waals surface area (Å²) >= 11 is 5.15. The molecule has 1 amide bonds. The zero-order chi connectivity index (χ0) is 17.8. The highest BCUT2D eigenvalue weighted by Gasteiger charge is 2.66. The molecule has 1 aromatic carbocycles. The maximum Gasteiger partial charge on any atom is 0.261 e. The second-order valence-corrected chi connectivity index (χ2v) is 9.06. The van der Waals surface area contributed by atoms with Crippen LogP contribution in [0.4, 0.5) is 0 Å². The lowest BCUT2D eigenvalue weighted by atomic mass is 9.61. The van der Waals surface area contributed by atoms with E-state index < -0.39 is 5.54 Å². The highest BCUT2D eigenvalue weighted by Crippen LogP contribution is 2.62. The predicted octanol–water partition coefficient (Wildman–Crippen LogP) is 3.97. The van der Waals surface area contributed by atoms with Crippen molar-refractivity contribution >= 4 is 38.8 Å². The monoisotopic (exact) mass is 422 g/mol. The van der Waals surface area contributed by atoms with Gasteiger partial charge in [0.15, 0.2) is 10.7 Å². The molecule has 1 aliphatic heterocycles. The number of nitrogens with zero attached hydrogens (tertiary/aromatic N) is 2. The van der Waals surface area contributed by atoms with E-state index in [9.17, 15) is 4.79 Å². The van der Waals surface area contributed by atoms with Crippen molar-refractivity contribution < 1.29 is 9.53 Å². The molecule has 1 fully saturated rings. The summed E-state index contributed by atoms with van der Waals surface area (Å²) in [7, 11) is 3.65. The number of carbonyl (C=O) groups excluding carboxylic acids is 1. The molecule has 25 heavy (non-hydrogen) atoms. The minimum Gasteiger partial charge on any atom is -0.381 e. The Kier molecular flexibility index (Phi) is 4.28. The number of ether oxygens (including phenoxy) is 1. The Morgan fingerprint density at radius 3 is 2.68 bits per heavy atom. The Labute approximate surface area is 161 Å². The van der Waals surface area contributed by atoms with Crippen molar-refractivity contribution in [2.24, 2.45) is 10.4 Å². The molecular weight excluding hydrogens is 400 g/mol. The van der Waals surface area contributed by atoms with Gasteiger partial charge in [-0.1, -0.05) is 33.8 Å². The molecule has 0 aromatic heterocycles. The molecule has 2 spiro atoms. The molecule has 1 saturated carbocycles. The smallest absolute Gasteiger partial charge is 0.261 e. The van der Waals surface area contributed by atoms with Gasteiger partial charge in [0.05, 0.1) is 6.10 Å². The Bertz CT molecular complexity index is 758. The average molecular weight is 423 g/mol. The first-order valence-corrected chi connectivity index (χ1v) is 10.7. The van der Waals surface area contributed by atoms with E-state index >= 15 is 0 Å². The van der Waals surface area contributed by atoms with E-state index in [-0.39, 0.29) is 11.3 Å². The lowest BCUT2D eigenvalue weighted by molar-refractivity contribution is -0.137. The van der Waals surface area contributed by atoms with E-state index in [0.29, 0.717) is 6.10 Å². The number of aliphatic imine (C=N–C) groups is 1. The third-order valence-electron chi connectivity index (χ3n) is 6.33. The van der Waals surface area contributed by atoms with Gasteiger partial charge < -0.3 is 4.74 Å². The first kappa shape index (κ1) is 17.6. The van der Waals surface area contributed by atoms with E-state index in [1.807, 2.05) is 13.3 Å². The highest BCUT2D eigenvalue weighted by molar-refractivity contribution is 9.10. The van der Waals surface area contributed by atoms with Gasteiger partial charge in [-0.15, -0.1) is 0 Å². The number of halogens is 1. The number of methoxy groups -OCH3 is 1. The molecule has 1 heterocycles. The third-order valence-corrected chi connectivity index (χ3v) is 7.55. The molecule has 1 aromatic rings. The number of carbonyl (C=O) groups is 1. The molecule has 1 unspecified atom stereocenters. The fourth-order valence-corrected chi connectivity index (χ4v) is 5.98. The van der Waals surface area contributed by atoms with Crippen molar-refractivity contribution in [1.82, 2.24) is 4.90 Å². The molecule has 4 nitrogen and oxygen atoms in total. The topological polar surface area (TPSA) is 41.9 Å². The zero-order valence-corrected chi connectivity index (χ0v) is 17.2. The molecule has 0 saturated heterocycles. The Morgan fingerprint density at radius 1 is 1.36 bits per heavy atom. The number of amidine groups is 1. The van der Waals surface area contributed by atoms with Crippen LogP contribution in [0, 0.1) is 5.41 Å². The van der Waals surface area contributed by atoms with Crippen molar-refractivity contribution in [3.63, 3.8) is 0 Å². The van der Waals surface area contributed by atoms with Crippen LogP contribution in [0.25, 0.3) is 0 Å². The second kappa shape index (κ2) is 6.10. The van der Waals surface area contributed by atoms with Crippen LogP contribution in [0.15, 0.2) is 27.7 Å². The van der Waals surface area contributed by atoms with Crippen molar-refractivity contribution in [3.05, 3.63) is 33.8 Å². The molecule has 0 N–H and O–H groups in total. The van der Waals surface area contributed by atoms with Gasteiger partial charge in [-0.2, -0.15) is 0 Å². The van der Waals surface area contributed by atoms with E-state index in [4.69, 9.17) is 9.73 Å². The van der Waals surface area contributed by atoms with Crippen LogP contribution >= 0.6 is 27.7 Å². The lowest BCUT2D eigenvalue weighted by Crippen LogP contribution is -2.51. The quantitative estimate of drug-likeness (QED) is 0.687. The molecular formula is C19H23BrN2O2S. The maximum absolute atomic E-state index is 13.5. The molecule has 3 aliphatic rings. The molecule has 1 atom stereocenters. The Hall–Kier alpha value is -0.850. The van der Waals surface area contributed by atoms with Crippen LogP contribution in [0.1, 0.15) is 36.8 Å². The van der Waals surface area contributed by atoms with Gasteiger partial charge >= 0.3 is 0 Å². The van der Waals surface area contributed by atoms with Crippen LogP contribution < -0.4 is 0 Å². The second-order valence-electron chi connectivity index (χ2n) is 7.37. The third kappa shape index (κ3) is 2.30. The number of fused-ring (bicyclic) bond motifs is 3. The van der Waals surface area contributed by atoms with E-state index in [0.717, 1.165) is 47.3 Å². The van der Waals surface area contributed by atoms with E-state index in [1.165, 1.54) is 5.56 Å². The van der Waals surface area contributed by atoms with Crippen LogP contribution in [0.5, 0.6) is 0 Å². The number of thioether (sulfide) groups is 1. The summed E-state index contributed by atoms with van der Waals surface area (Å²) < 4.78 is 6.60. The van der Waals surface area contributed by atoms with Crippen LogP contribution in [0.3, 0.4) is 0 Å². The number of hydrogen-bond acceptors (Lipinski definition) is 4. The van der Waals surface area contributed by atoms with Crippen molar-refractivity contribution in [1.29, 1.82) is 0 Å². The minimum atomic E-state index is -0.766. The zero-order valence-electron chi connectivity index (χ0n) is 14.8. The standard InChI is InChI=1S/C19H23BrN2O2S/c1-22-16(23)19(21-17(22)25-3)15-10-13(20)5-4-12(15)11-18(19)8-6-14(24-2)7-9-18/h4-5,10,14H,6-9,11H2,1-3H3. The predicted molar refractivity (Wildman–Crippen MR) is 105 cm³/mol. The van der Waals surface area contributed by atoms with Crippen LogP contribution in [-0.4, -0.2) is 42.5 Å². The van der Waals surface area contributed by atoms with E-state index in [2.05, 4.69) is 34.1 Å². The van der Waals surface area contributed by atoms with Gasteiger partial charge in [0.25, 0.3) is 5.91 Å². The summed E-state index contributed by atoms with van der Waals surface area (Å²) in [6, 6.07) is 6.36. The maximum atomic E-state index is 13.5. The number of hydrogen-bond donors (Lipinski definition) is 0. The molecule has 4 rings (SSSR count). The Balaban J connectivity index is 1.89. The van der Waals surface area contributed by atoms with Gasteiger partial charge in [-0.25, -0.2) is 4.99 Å². The number of amides is 1. The summed E-state index contributed by atoms with van der Waals surface area (Å²) in [6.45, 7) is 0. The largest absolute Gasteiger partial charge is 0.381 e. The van der Waals surface area contributed by atoms with Gasteiger partial charge in [-0.05, 0) is 61.6 Å². The normalized spacial score (nSPS) is 34.1. The van der Waals surface area contributed by atoms with E-state index in [1.54, 1.807) is 23.8 Å². The number of benzene rings is 1. The molecule has 2 aliphatic carbocycles. The summed E-state index contributed by atoms with van der Waals surface area (Å²) in [5.74, 6) is 0.129. The first-order valence-electron chi connectivity index (χ1n) is 8.71. The minimum absolute atomic E-state index is 0.129. The van der Waals surface area contributed by atoms with Crippen molar-refractivity contribution in [3.8, 4) is 0 Å². The number of rotatable bonds is 1. The fourth-order valence-electron chi connectivity index (χ4n) is 5.04.